The highest BCUT2D eigenvalue weighted by Crippen LogP contribution is 2.27. The van der Waals surface area contributed by atoms with Crippen molar-refractivity contribution in [1.82, 2.24) is 4.98 Å². The highest BCUT2D eigenvalue weighted by molar-refractivity contribution is 6.04. The fourth-order valence-electron chi connectivity index (χ4n) is 2.58. The van der Waals surface area contributed by atoms with Crippen LogP contribution in [0.3, 0.4) is 0 Å². The number of fused-ring (bicyclic) bond motifs is 1. The largest absolute Gasteiger partial charge is 0.490 e. The van der Waals surface area contributed by atoms with Crippen molar-refractivity contribution in [1.29, 1.82) is 5.26 Å². The van der Waals surface area contributed by atoms with Gasteiger partial charge in [-0.05, 0) is 49.2 Å². The first-order valence-electron chi connectivity index (χ1n) is 8.11. The van der Waals surface area contributed by atoms with Crippen LogP contribution in [0.2, 0.25) is 0 Å². The van der Waals surface area contributed by atoms with Gasteiger partial charge in [-0.2, -0.15) is 5.26 Å². The molecule has 5 heteroatoms. The van der Waals surface area contributed by atoms with E-state index in [-0.39, 0.29) is 5.91 Å². The average Bonchev–Trinajstić information content (AvgIpc) is 3.45. The molecule has 5 nitrogen and oxygen atoms in total. The number of pyridine rings is 1. The number of amides is 1. The van der Waals surface area contributed by atoms with Gasteiger partial charge in [0.05, 0.1) is 23.3 Å². The van der Waals surface area contributed by atoms with Crippen LogP contribution < -0.4 is 10.1 Å². The second kappa shape index (κ2) is 6.25. The van der Waals surface area contributed by atoms with Crippen molar-refractivity contribution in [2.45, 2.75) is 18.9 Å². The molecule has 0 atom stereocenters. The molecule has 0 bridgehead atoms. The summed E-state index contributed by atoms with van der Waals surface area (Å²) in [7, 11) is 0. The number of aromatic nitrogens is 1. The Hall–Kier alpha value is -3.39. The maximum Gasteiger partial charge on any atom is 0.256 e. The molecular weight excluding hydrogens is 314 g/mol. The van der Waals surface area contributed by atoms with Gasteiger partial charge in [0.1, 0.15) is 11.6 Å². The molecule has 0 aliphatic heterocycles. The lowest BCUT2D eigenvalue weighted by Gasteiger charge is -2.08. The van der Waals surface area contributed by atoms with Crippen LogP contribution in [0.25, 0.3) is 10.9 Å². The minimum Gasteiger partial charge on any atom is -0.490 e. The third-order valence-corrected chi connectivity index (χ3v) is 4.02. The first kappa shape index (κ1) is 15.2. The summed E-state index contributed by atoms with van der Waals surface area (Å²) in [6.07, 6.45) is 2.51. The minimum atomic E-state index is -0.273. The van der Waals surface area contributed by atoms with Gasteiger partial charge in [0.15, 0.2) is 0 Å². The summed E-state index contributed by atoms with van der Waals surface area (Å²) in [5.41, 5.74) is 1.66. The van der Waals surface area contributed by atoms with Crippen LogP contribution >= 0.6 is 0 Å². The summed E-state index contributed by atoms with van der Waals surface area (Å²) in [6.45, 7) is 0. The molecule has 1 amide bonds. The highest BCUT2D eigenvalue weighted by Gasteiger charge is 2.23. The van der Waals surface area contributed by atoms with E-state index in [1.165, 1.54) is 0 Å². The van der Waals surface area contributed by atoms with Crippen LogP contribution in [-0.2, 0) is 0 Å². The van der Waals surface area contributed by atoms with E-state index in [4.69, 9.17) is 4.74 Å². The summed E-state index contributed by atoms with van der Waals surface area (Å²) in [4.78, 5) is 16.8. The Bertz CT molecular complexity index is 986. The molecule has 0 spiro atoms. The molecule has 1 N–H and O–H groups in total. The summed E-state index contributed by atoms with van der Waals surface area (Å²) < 4.78 is 5.68. The van der Waals surface area contributed by atoms with Gasteiger partial charge in [-0.25, -0.2) is 4.98 Å². The van der Waals surface area contributed by atoms with Crippen LogP contribution in [0.15, 0.2) is 54.6 Å². The summed E-state index contributed by atoms with van der Waals surface area (Å²) in [5, 5.41) is 12.8. The molecular formula is C20H15N3O2. The Kier molecular flexibility index (Phi) is 3.79. The van der Waals surface area contributed by atoms with Crippen LogP contribution in [-0.4, -0.2) is 17.0 Å². The summed E-state index contributed by atoms with van der Waals surface area (Å²) >= 11 is 0. The molecule has 2 aromatic carbocycles. The van der Waals surface area contributed by atoms with Gasteiger partial charge in [-0.1, -0.05) is 18.2 Å². The molecule has 3 aromatic rings. The molecule has 1 aliphatic carbocycles. The second-order valence-electron chi connectivity index (χ2n) is 5.98. The Labute approximate surface area is 144 Å². The van der Waals surface area contributed by atoms with Crippen molar-refractivity contribution >= 4 is 22.6 Å². The quantitative estimate of drug-likeness (QED) is 0.787. The maximum atomic E-state index is 12.4. The summed E-state index contributed by atoms with van der Waals surface area (Å²) in [5.74, 6) is 0.859. The van der Waals surface area contributed by atoms with Gasteiger partial charge in [0, 0.05) is 10.9 Å². The zero-order chi connectivity index (χ0) is 17.2. The molecule has 25 heavy (non-hydrogen) atoms. The second-order valence-corrected chi connectivity index (χ2v) is 5.98. The number of anilines is 1. The molecule has 1 heterocycles. The number of nitriles is 1. The normalized spacial score (nSPS) is 13.2. The zero-order valence-corrected chi connectivity index (χ0v) is 13.4. The number of hydrogen-bond acceptors (Lipinski definition) is 4. The van der Waals surface area contributed by atoms with Gasteiger partial charge in [0.2, 0.25) is 0 Å². The predicted molar refractivity (Wildman–Crippen MR) is 94.5 cm³/mol. The average molecular weight is 329 g/mol. The molecule has 1 saturated carbocycles. The van der Waals surface area contributed by atoms with Gasteiger partial charge in [-0.15, -0.1) is 0 Å². The highest BCUT2D eigenvalue weighted by atomic mass is 16.5. The Morgan fingerprint density at radius 1 is 1.16 bits per heavy atom. The number of benzene rings is 2. The van der Waals surface area contributed by atoms with E-state index in [2.05, 4.69) is 16.4 Å². The van der Waals surface area contributed by atoms with Crippen molar-refractivity contribution in [2.24, 2.45) is 0 Å². The number of nitrogens with one attached hydrogen (secondary N) is 1. The third kappa shape index (κ3) is 3.29. The number of nitrogens with zero attached hydrogens (tertiary/aromatic N) is 2. The molecule has 0 saturated heterocycles. The number of ether oxygens (including phenoxy) is 1. The molecule has 0 radical (unpaired) electrons. The molecule has 0 unspecified atom stereocenters. The van der Waals surface area contributed by atoms with E-state index in [0.717, 1.165) is 24.0 Å². The van der Waals surface area contributed by atoms with Crippen LogP contribution in [0.4, 0.5) is 5.82 Å². The zero-order valence-electron chi connectivity index (χ0n) is 13.4. The van der Waals surface area contributed by atoms with Crippen molar-refractivity contribution in [3.8, 4) is 11.8 Å². The van der Waals surface area contributed by atoms with E-state index >= 15 is 0 Å². The van der Waals surface area contributed by atoms with Crippen LogP contribution in [0.1, 0.15) is 28.8 Å². The number of para-hydroxylation sites is 1. The van der Waals surface area contributed by atoms with Crippen molar-refractivity contribution in [2.75, 3.05) is 5.32 Å². The Morgan fingerprint density at radius 3 is 2.64 bits per heavy atom. The van der Waals surface area contributed by atoms with E-state index < -0.39 is 0 Å². The summed E-state index contributed by atoms with van der Waals surface area (Å²) in [6, 6.07) is 18.1. The number of carbonyl (C=O) groups is 1. The van der Waals surface area contributed by atoms with Crippen molar-refractivity contribution < 1.29 is 9.53 Å². The smallest absolute Gasteiger partial charge is 0.256 e. The predicted octanol–water partition coefficient (Wildman–Crippen LogP) is 3.90. The van der Waals surface area contributed by atoms with Gasteiger partial charge >= 0.3 is 0 Å². The molecule has 4 rings (SSSR count). The van der Waals surface area contributed by atoms with E-state index in [1.54, 1.807) is 30.3 Å². The fourth-order valence-corrected chi connectivity index (χ4v) is 2.58. The van der Waals surface area contributed by atoms with E-state index in [1.807, 2.05) is 24.3 Å². The molecule has 1 fully saturated rings. The standard InChI is InChI=1S/C20H15N3O2/c21-12-14-11-19(22-18-4-2-1-3-17(14)18)23-20(24)13-5-7-15(8-6-13)25-16-9-10-16/h1-8,11,16H,9-10H2,(H,22,23,24). The number of carbonyl (C=O) groups excluding carboxylic acids is 1. The monoisotopic (exact) mass is 329 g/mol. The van der Waals surface area contributed by atoms with Gasteiger partial charge in [-0.3, -0.25) is 4.79 Å². The number of rotatable bonds is 4. The Morgan fingerprint density at radius 2 is 1.92 bits per heavy atom. The lowest BCUT2D eigenvalue weighted by molar-refractivity contribution is 0.102. The van der Waals surface area contributed by atoms with E-state index in [9.17, 15) is 10.1 Å². The van der Waals surface area contributed by atoms with Gasteiger partial charge in [0.25, 0.3) is 5.91 Å². The molecule has 1 aromatic heterocycles. The molecule has 122 valence electrons. The third-order valence-electron chi connectivity index (χ3n) is 4.02. The first-order chi connectivity index (χ1) is 12.2. The topological polar surface area (TPSA) is 75.0 Å². The first-order valence-corrected chi connectivity index (χ1v) is 8.11. The van der Waals surface area contributed by atoms with E-state index in [0.29, 0.717) is 28.6 Å². The van der Waals surface area contributed by atoms with Crippen LogP contribution in [0, 0.1) is 11.3 Å². The maximum absolute atomic E-state index is 12.4. The molecule has 1 aliphatic rings. The lowest BCUT2D eigenvalue weighted by Crippen LogP contribution is -2.13. The van der Waals surface area contributed by atoms with Crippen LogP contribution in [0.5, 0.6) is 5.75 Å². The van der Waals surface area contributed by atoms with Gasteiger partial charge < -0.3 is 10.1 Å². The van der Waals surface area contributed by atoms with Crippen molar-refractivity contribution in [3.63, 3.8) is 0 Å². The van der Waals surface area contributed by atoms with Crippen molar-refractivity contribution in [3.05, 3.63) is 65.7 Å². The SMILES string of the molecule is N#Cc1cc(NC(=O)c2ccc(OC3CC3)cc2)nc2ccccc12. The fraction of sp³-hybridized carbons (Fsp3) is 0.150. The Balaban J connectivity index is 1.55. The number of hydrogen-bond donors (Lipinski definition) is 1. The minimum absolute atomic E-state index is 0.273. The lowest BCUT2D eigenvalue weighted by atomic mass is 10.1.